The third kappa shape index (κ3) is 5.17. The van der Waals surface area contributed by atoms with Crippen LogP contribution >= 0.6 is 0 Å². The molecular formula is C22H26N4O4. The van der Waals surface area contributed by atoms with Crippen molar-refractivity contribution in [3.63, 3.8) is 0 Å². The van der Waals surface area contributed by atoms with Crippen LogP contribution in [0.3, 0.4) is 0 Å². The first kappa shape index (κ1) is 21.4. The zero-order chi connectivity index (χ0) is 21.7. The monoisotopic (exact) mass is 410 g/mol. The number of amides is 3. The number of nitriles is 1. The summed E-state index contributed by atoms with van der Waals surface area (Å²) in [7, 11) is 0. The Labute approximate surface area is 175 Å². The van der Waals surface area contributed by atoms with E-state index < -0.39 is 23.9 Å². The summed E-state index contributed by atoms with van der Waals surface area (Å²) in [5, 5.41) is 18.4. The molecule has 3 N–H and O–H groups in total. The summed E-state index contributed by atoms with van der Waals surface area (Å²) in [6.45, 7) is 4.47. The largest absolute Gasteiger partial charge is 0.451 e. The second-order valence-electron chi connectivity index (χ2n) is 8.01. The van der Waals surface area contributed by atoms with E-state index in [0.29, 0.717) is 25.0 Å². The van der Waals surface area contributed by atoms with Crippen molar-refractivity contribution in [3.05, 3.63) is 36.1 Å². The number of carbonyl (C=O) groups excluding carboxylic acids is 3. The van der Waals surface area contributed by atoms with Crippen LogP contribution in [0, 0.1) is 23.2 Å². The standard InChI is InChI=1S/C22H26N4O4/c1-13(2)9-17(21(28)25-16(12-23)10-15-7-8-24-20(15)27)26-22(29)19-11-14-5-3-4-6-18(14)30-19/h3-6,11,13,15-17H,7-10H2,1-2H3,(H,24,27)(H,25,28)(H,26,29)/t15-,16-,17-/m0/s1. The van der Waals surface area contributed by atoms with Gasteiger partial charge in [0.2, 0.25) is 11.8 Å². The number of carbonyl (C=O) groups is 3. The highest BCUT2D eigenvalue weighted by Gasteiger charge is 2.30. The molecule has 2 aromatic rings. The molecule has 1 aliphatic heterocycles. The van der Waals surface area contributed by atoms with Gasteiger partial charge < -0.3 is 20.4 Å². The van der Waals surface area contributed by atoms with E-state index in [4.69, 9.17) is 4.42 Å². The predicted octanol–water partition coefficient (Wildman–Crippen LogP) is 2.11. The summed E-state index contributed by atoms with van der Waals surface area (Å²) in [4.78, 5) is 37.3. The molecule has 3 amide bonds. The Morgan fingerprint density at radius 2 is 2.07 bits per heavy atom. The molecule has 8 nitrogen and oxygen atoms in total. The second-order valence-corrected chi connectivity index (χ2v) is 8.01. The van der Waals surface area contributed by atoms with Crippen LogP contribution in [0.25, 0.3) is 11.0 Å². The van der Waals surface area contributed by atoms with Gasteiger partial charge in [-0.15, -0.1) is 0 Å². The molecule has 1 fully saturated rings. The second kappa shape index (κ2) is 9.44. The van der Waals surface area contributed by atoms with Crippen LogP contribution in [0.1, 0.15) is 43.7 Å². The van der Waals surface area contributed by atoms with Crippen molar-refractivity contribution in [2.45, 2.75) is 45.2 Å². The van der Waals surface area contributed by atoms with E-state index in [-0.39, 0.29) is 29.9 Å². The average molecular weight is 410 g/mol. The zero-order valence-electron chi connectivity index (χ0n) is 17.1. The van der Waals surface area contributed by atoms with E-state index in [9.17, 15) is 19.6 Å². The fourth-order valence-corrected chi connectivity index (χ4v) is 3.60. The molecule has 1 saturated heterocycles. The third-order valence-corrected chi connectivity index (χ3v) is 5.13. The Kier molecular flexibility index (Phi) is 6.72. The molecule has 30 heavy (non-hydrogen) atoms. The molecule has 3 rings (SSSR count). The number of nitrogens with one attached hydrogen (secondary N) is 3. The van der Waals surface area contributed by atoms with E-state index in [2.05, 4.69) is 16.0 Å². The quantitative estimate of drug-likeness (QED) is 0.615. The predicted molar refractivity (Wildman–Crippen MR) is 110 cm³/mol. The van der Waals surface area contributed by atoms with Gasteiger partial charge in [-0.25, -0.2) is 0 Å². The number of hydrogen-bond acceptors (Lipinski definition) is 5. The summed E-state index contributed by atoms with van der Waals surface area (Å²) < 4.78 is 5.58. The minimum Gasteiger partial charge on any atom is -0.451 e. The van der Waals surface area contributed by atoms with Gasteiger partial charge >= 0.3 is 0 Å². The lowest BCUT2D eigenvalue weighted by molar-refractivity contribution is -0.125. The van der Waals surface area contributed by atoms with Crippen LogP contribution in [0.2, 0.25) is 0 Å². The van der Waals surface area contributed by atoms with Crippen LogP contribution in [0.15, 0.2) is 34.7 Å². The molecule has 158 valence electrons. The highest BCUT2D eigenvalue weighted by atomic mass is 16.3. The Bertz CT molecular complexity index is 942. The molecule has 0 radical (unpaired) electrons. The van der Waals surface area contributed by atoms with Crippen molar-refractivity contribution in [3.8, 4) is 6.07 Å². The van der Waals surface area contributed by atoms with Crippen LogP contribution < -0.4 is 16.0 Å². The van der Waals surface area contributed by atoms with Crippen molar-refractivity contribution in [2.75, 3.05) is 6.54 Å². The van der Waals surface area contributed by atoms with Gasteiger partial charge in [0.25, 0.3) is 5.91 Å². The van der Waals surface area contributed by atoms with Gasteiger partial charge in [-0.3, -0.25) is 14.4 Å². The van der Waals surface area contributed by atoms with E-state index >= 15 is 0 Å². The number of nitrogens with zero attached hydrogens (tertiary/aromatic N) is 1. The molecule has 1 aliphatic rings. The SMILES string of the molecule is CC(C)C[C@H](NC(=O)c1cc2ccccc2o1)C(=O)N[C@H](C#N)C[C@@H]1CCNC1=O. The summed E-state index contributed by atoms with van der Waals surface area (Å²) >= 11 is 0. The maximum Gasteiger partial charge on any atom is 0.287 e. The highest BCUT2D eigenvalue weighted by molar-refractivity contribution is 5.98. The van der Waals surface area contributed by atoms with Gasteiger partial charge in [-0.05, 0) is 37.3 Å². The Morgan fingerprint density at radius 3 is 2.70 bits per heavy atom. The first-order chi connectivity index (χ1) is 14.4. The summed E-state index contributed by atoms with van der Waals surface area (Å²) in [6, 6.07) is 9.32. The third-order valence-electron chi connectivity index (χ3n) is 5.13. The lowest BCUT2D eigenvalue weighted by Gasteiger charge is -2.22. The number of rotatable bonds is 8. The summed E-state index contributed by atoms with van der Waals surface area (Å²) in [5.74, 6) is -1.06. The first-order valence-corrected chi connectivity index (χ1v) is 10.1. The molecule has 0 aliphatic carbocycles. The summed E-state index contributed by atoms with van der Waals surface area (Å²) in [5.41, 5.74) is 0.590. The van der Waals surface area contributed by atoms with Crippen molar-refractivity contribution in [2.24, 2.45) is 11.8 Å². The number of para-hydroxylation sites is 1. The fraction of sp³-hybridized carbons (Fsp3) is 0.455. The molecule has 0 spiro atoms. The van der Waals surface area contributed by atoms with Crippen molar-refractivity contribution in [1.82, 2.24) is 16.0 Å². The number of benzene rings is 1. The van der Waals surface area contributed by atoms with Crippen molar-refractivity contribution in [1.29, 1.82) is 5.26 Å². The topological polar surface area (TPSA) is 124 Å². The van der Waals surface area contributed by atoms with Gasteiger partial charge in [-0.2, -0.15) is 5.26 Å². The molecule has 0 saturated carbocycles. The Hall–Kier alpha value is -3.34. The lowest BCUT2D eigenvalue weighted by Crippen LogP contribution is -2.50. The van der Waals surface area contributed by atoms with E-state index in [0.717, 1.165) is 5.39 Å². The zero-order valence-corrected chi connectivity index (χ0v) is 17.1. The van der Waals surface area contributed by atoms with Crippen LogP contribution in [0.5, 0.6) is 0 Å². The normalized spacial score (nSPS) is 17.9. The number of furan rings is 1. The first-order valence-electron chi connectivity index (χ1n) is 10.1. The van der Waals surface area contributed by atoms with Gasteiger partial charge in [-0.1, -0.05) is 32.0 Å². The van der Waals surface area contributed by atoms with Crippen molar-refractivity contribution < 1.29 is 18.8 Å². The summed E-state index contributed by atoms with van der Waals surface area (Å²) in [6.07, 6.45) is 1.30. The molecule has 0 unspecified atom stereocenters. The molecule has 8 heteroatoms. The minimum atomic E-state index is -0.820. The average Bonchev–Trinajstić information content (AvgIpc) is 3.32. The van der Waals surface area contributed by atoms with Gasteiger partial charge in [0.05, 0.1) is 6.07 Å². The maximum absolute atomic E-state index is 12.8. The van der Waals surface area contributed by atoms with Crippen molar-refractivity contribution >= 4 is 28.7 Å². The molecule has 1 aromatic heterocycles. The van der Waals surface area contributed by atoms with E-state index in [1.165, 1.54) is 0 Å². The highest BCUT2D eigenvalue weighted by Crippen LogP contribution is 2.19. The lowest BCUT2D eigenvalue weighted by atomic mass is 9.98. The number of hydrogen-bond donors (Lipinski definition) is 3. The van der Waals surface area contributed by atoms with Crippen LogP contribution in [-0.2, 0) is 9.59 Å². The van der Waals surface area contributed by atoms with Gasteiger partial charge in [0.15, 0.2) is 5.76 Å². The molecule has 3 atom stereocenters. The Balaban J connectivity index is 1.67. The Morgan fingerprint density at radius 1 is 1.30 bits per heavy atom. The fourth-order valence-electron chi connectivity index (χ4n) is 3.60. The molecule has 2 heterocycles. The maximum atomic E-state index is 12.8. The van der Waals surface area contributed by atoms with Gasteiger partial charge in [0.1, 0.15) is 17.7 Å². The minimum absolute atomic E-state index is 0.0959. The molecular weight excluding hydrogens is 384 g/mol. The molecule has 1 aromatic carbocycles. The number of fused-ring (bicyclic) bond motifs is 1. The van der Waals surface area contributed by atoms with Crippen LogP contribution in [-0.4, -0.2) is 36.3 Å². The van der Waals surface area contributed by atoms with Crippen LogP contribution in [0.4, 0.5) is 0 Å². The van der Waals surface area contributed by atoms with E-state index in [1.54, 1.807) is 12.1 Å². The smallest absolute Gasteiger partial charge is 0.287 e. The molecule has 0 bridgehead atoms. The van der Waals surface area contributed by atoms with E-state index in [1.807, 2.05) is 38.1 Å². The van der Waals surface area contributed by atoms with Gasteiger partial charge in [0, 0.05) is 17.8 Å².